The lowest BCUT2D eigenvalue weighted by atomic mass is 10.1. The molecule has 2 N–H and O–H groups in total. The molecule has 4 nitrogen and oxygen atoms in total. The number of carboxylic acid groups (broad SMARTS) is 1. The number of thioether (sulfide) groups is 1. The van der Waals surface area contributed by atoms with E-state index < -0.39 is 5.97 Å². The van der Waals surface area contributed by atoms with Crippen molar-refractivity contribution in [2.75, 3.05) is 11.1 Å². The molecule has 0 aliphatic carbocycles. The lowest BCUT2D eigenvalue weighted by Crippen LogP contribution is -2.20. The van der Waals surface area contributed by atoms with Gasteiger partial charge >= 0.3 is 5.97 Å². The van der Waals surface area contributed by atoms with Crippen molar-refractivity contribution in [1.29, 1.82) is 0 Å². The second-order valence-electron chi connectivity index (χ2n) is 5.03. The van der Waals surface area contributed by atoms with E-state index in [-0.39, 0.29) is 37.7 Å². The predicted molar refractivity (Wildman–Crippen MR) is 84.3 cm³/mol. The standard InChI is InChI=1S/C13H15Cl2NO3S/c1-13(2,3)20-6-9(17)16-11-8(15)5-4-7(14)10(11)12(18)19/h4-5H,6H2,1-3H3,(H,16,17)(H,18,19). The number of nitrogens with one attached hydrogen (secondary N) is 1. The fourth-order valence-electron chi connectivity index (χ4n) is 1.34. The number of rotatable bonds is 4. The van der Waals surface area contributed by atoms with Crippen LogP contribution in [0.4, 0.5) is 5.69 Å². The van der Waals surface area contributed by atoms with Crippen LogP contribution in [-0.4, -0.2) is 27.5 Å². The highest BCUT2D eigenvalue weighted by atomic mass is 35.5. The minimum Gasteiger partial charge on any atom is -0.478 e. The number of carbonyl (C=O) groups is 2. The molecule has 110 valence electrons. The Bertz CT molecular complexity index is 541. The number of anilines is 1. The average molecular weight is 336 g/mol. The van der Waals surface area contributed by atoms with E-state index in [4.69, 9.17) is 28.3 Å². The van der Waals surface area contributed by atoms with Gasteiger partial charge in [-0.1, -0.05) is 44.0 Å². The van der Waals surface area contributed by atoms with Crippen LogP contribution in [0.15, 0.2) is 12.1 Å². The van der Waals surface area contributed by atoms with E-state index in [9.17, 15) is 9.59 Å². The monoisotopic (exact) mass is 335 g/mol. The van der Waals surface area contributed by atoms with Crippen molar-refractivity contribution in [3.8, 4) is 0 Å². The lowest BCUT2D eigenvalue weighted by Gasteiger charge is -2.17. The first-order valence-electron chi connectivity index (χ1n) is 5.77. The van der Waals surface area contributed by atoms with Gasteiger partial charge in [-0.2, -0.15) is 0 Å². The van der Waals surface area contributed by atoms with E-state index in [1.54, 1.807) is 0 Å². The molecule has 1 aromatic carbocycles. The molecule has 0 bridgehead atoms. The van der Waals surface area contributed by atoms with E-state index >= 15 is 0 Å². The number of benzene rings is 1. The first-order valence-corrected chi connectivity index (χ1v) is 7.51. The van der Waals surface area contributed by atoms with Gasteiger partial charge in [-0.3, -0.25) is 4.79 Å². The molecule has 20 heavy (non-hydrogen) atoms. The van der Waals surface area contributed by atoms with Crippen LogP contribution in [0, 0.1) is 0 Å². The van der Waals surface area contributed by atoms with Gasteiger partial charge in [0.1, 0.15) is 5.56 Å². The van der Waals surface area contributed by atoms with E-state index in [0.29, 0.717) is 0 Å². The molecule has 1 rings (SSSR count). The molecule has 0 spiro atoms. The van der Waals surface area contributed by atoms with Gasteiger partial charge in [-0.05, 0) is 12.1 Å². The second kappa shape index (κ2) is 6.70. The number of aromatic carboxylic acids is 1. The summed E-state index contributed by atoms with van der Waals surface area (Å²) >= 11 is 13.2. The number of hydrogen-bond acceptors (Lipinski definition) is 3. The highest BCUT2D eigenvalue weighted by Crippen LogP contribution is 2.32. The summed E-state index contributed by atoms with van der Waals surface area (Å²) in [6, 6.07) is 2.83. The molecule has 0 saturated heterocycles. The van der Waals surface area contributed by atoms with Crippen LogP contribution in [0.2, 0.25) is 10.0 Å². The first-order chi connectivity index (χ1) is 9.11. The highest BCUT2D eigenvalue weighted by Gasteiger charge is 2.20. The van der Waals surface area contributed by atoms with Crippen LogP contribution in [0.1, 0.15) is 31.1 Å². The topological polar surface area (TPSA) is 66.4 Å². The van der Waals surface area contributed by atoms with E-state index in [1.165, 1.54) is 23.9 Å². The molecule has 0 saturated carbocycles. The number of carboxylic acids is 1. The summed E-state index contributed by atoms with van der Waals surface area (Å²) in [6.45, 7) is 5.96. The van der Waals surface area contributed by atoms with Gasteiger partial charge in [-0.25, -0.2) is 4.79 Å². The Morgan fingerprint density at radius 3 is 2.30 bits per heavy atom. The molecule has 0 aliphatic heterocycles. The minimum absolute atomic E-state index is 0.0284. The van der Waals surface area contributed by atoms with Crippen molar-refractivity contribution in [3.05, 3.63) is 27.7 Å². The van der Waals surface area contributed by atoms with E-state index in [2.05, 4.69) is 5.32 Å². The minimum atomic E-state index is -1.24. The molecular formula is C13H15Cl2NO3S. The fourth-order valence-corrected chi connectivity index (χ4v) is 2.42. The van der Waals surface area contributed by atoms with Crippen LogP contribution < -0.4 is 5.32 Å². The molecule has 0 unspecified atom stereocenters. The largest absolute Gasteiger partial charge is 0.478 e. The Labute approximate surface area is 131 Å². The number of amides is 1. The van der Waals surface area contributed by atoms with Crippen LogP contribution in [0.25, 0.3) is 0 Å². The number of hydrogen-bond donors (Lipinski definition) is 2. The smallest absolute Gasteiger partial charge is 0.339 e. The maximum atomic E-state index is 11.9. The molecule has 0 atom stereocenters. The Kier molecular flexibility index (Phi) is 5.74. The molecule has 0 radical (unpaired) electrons. The van der Waals surface area contributed by atoms with Crippen LogP contribution in [-0.2, 0) is 4.79 Å². The molecular weight excluding hydrogens is 321 g/mol. The van der Waals surface area contributed by atoms with Gasteiger partial charge in [0.15, 0.2) is 0 Å². The van der Waals surface area contributed by atoms with Crippen molar-refractivity contribution in [2.24, 2.45) is 0 Å². The Morgan fingerprint density at radius 2 is 1.80 bits per heavy atom. The lowest BCUT2D eigenvalue weighted by molar-refractivity contribution is -0.113. The molecule has 1 amide bonds. The fraction of sp³-hybridized carbons (Fsp3) is 0.385. The van der Waals surface area contributed by atoms with Crippen molar-refractivity contribution in [2.45, 2.75) is 25.5 Å². The van der Waals surface area contributed by atoms with E-state index in [0.717, 1.165) is 0 Å². The van der Waals surface area contributed by atoms with E-state index in [1.807, 2.05) is 20.8 Å². The zero-order valence-electron chi connectivity index (χ0n) is 11.3. The van der Waals surface area contributed by atoms with Crippen molar-refractivity contribution in [1.82, 2.24) is 0 Å². The average Bonchev–Trinajstić information content (AvgIpc) is 2.30. The Balaban J connectivity index is 2.95. The van der Waals surface area contributed by atoms with Crippen LogP contribution in [0.3, 0.4) is 0 Å². The van der Waals surface area contributed by atoms with Crippen molar-refractivity contribution in [3.63, 3.8) is 0 Å². The SMILES string of the molecule is CC(C)(C)SCC(=O)Nc1c(Cl)ccc(Cl)c1C(=O)O. The van der Waals surface area contributed by atoms with Gasteiger partial charge in [-0.15, -0.1) is 11.8 Å². The summed E-state index contributed by atoms with van der Waals surface area (Å²) < 4.78 is -0.0644. The summed E-state index contributed by atoms with van der Waals surface area (Å²) in [5, 5.41) is 11.8. The molecule has 0 aromatic heterocycles. The zero-order chi connectivity index (χ0) is 15.5. The predicted octanol–water partition coefficient (Wildman–Crippen LogP) is 4.16. The summed E-state index contributed by atoms with van der Waals surface area (Å²) in [6.07, 6.45) is 0. The third-order valence-corrected chi connectivity index (χ3v) is 4.12. The Morgan fingerprint density at radius 1 is 1.25 bits per heavy atom. The van der Waals surface area contributed by atoms with Gasteiger partial charge in [0.25, 0.3) is 0 Å². The maximum absolute atomic E-state index is 11.9. The Hall–Kier alpha value is -0.910. The maximum Gasteiger partial charge on any atom is 0.339 e. The van der Waals surface area contributed by atoms with Gasteiger partial charge in [0.2, 0.25) is 5.91 Å². The van der Waals surface area contributed by atoms with Gasteiger partial charge in [0, 0.05) is 4.75 Å². The molecule has 1 aromatic rings. The number of carbonyl (C=O) groups excluding carboxylic acids is 1. The molecule has 7 heteroatoms. The van der Waals surface area contributed by atoms with Crippen LogP contribution in [0.5, 0.6) is 0 Å². The number of halogens is 2. The molecule has 0 aliphatic rings. The first kappa shape index (κ1) is 17.1. The summed E-state index contributed by atoms with van der Waals surface area (Å²) in [5.41, 5.74) is -0.167. The van der Waals surface area contributed by atoms with Crippen molar-refractivity contribution >= 4 is 52.5 Å². The summed E-state index contributed by atoms with van der Waals surface area (Å²) in [5.74, 6) is -1.36. The zero-order valence-corrected chi connectivity index (χ0v) is 13.6. The second-order valence-corrected chi connectivity index (χ2v) is 7.65. The molecule has 0 heterocycles. The normalized spacial score (nSPS) is 11.2. The van der Waals surface area contributed by atoms with Crippen LogP contribution >= 0.6 is 35.0 Å². The molecule has 0 fully saturated rings. The van der Waals surface area contributed by atoms with Gasteiger partial charge in [0.05, 0.1) is 21.5 Å². The quantitative estimate of drug-likeness (QED) is 0.866. The summed E-state index contributed by atoms with van der Waals surface area (Å²) in [7, 11) is 0. The van der Waals surface area contributed by atoms with Gasteiger partial charge < -0.3 is 10.4 Å². The third-order valence-electron chi connectivity index (χ3n) is 2.22. The highest BCUT2D eigenvalue weighted by molar-refractivity contribution is 8.01. The third kappa shape index (κ3) is 4.89. The summed E-state index contributed by atoms with van der Waals surface area (Å²) in [4.78, 5) is 23.1. The van der Waals surface area contributed by atoms with Crippen molar-refractivity contribution < 1.29 is 14.7 Å².